The number of benzene rings is 1. The van der Waals surface area contributed by atoms with Gasteiger partial charge < -0.3 is 15.5 Å². The monoisotopic (exact) mass is 391 g/mol. The van der Waals surface area contributed by atoms with Crippen LogP contribution in [0.25, 0.3) is 0 Å². The zero-order valence-corrected chi connectivity index (χ0v) is 15.9. The predicted octanol–water partition coefficient (Wildman–Crippen LogP) is 2.25. The molecule has 9 heteroatoms. The number of nitrogens with zero attached hydrogens (tertiary/aromatic N) is 4. The smallest absolute Gasteiger partial charge is 0.330 e. The maximum absolute atomic E-state index is 13.1. The molecule has 1 atom stereocenters. The Hall–Kier alpha value is -2.42. The first kappa shape index (κ1) is 19.3. The van der Waals surface area contributed by atoms with E-state index in [4.69, 9.17) is 11.6 Å². The Bertz CT molecular complexity index is 832. The van der Waals surface area contributed by atoms with E-state index in [0.29, 0.717) is 28.0 Å². The molecule has 0 bridgehead atoms. The molecule has 1 aromatic heterocycles. The van der Waals surface area contributed by atoms with Crippen LogP contribution < -0.4 is 15.1 Å². The van der Waals surface area contributed by atoms with E-state index in [-0.39, 0.29) is 25.2 Å². The average Bonchev–Trinajstić information content (AvgIpc) is 2.64. The van der Waals surface area contributed by atoms with E-state index in [1.807, 2.05) is 13.8 Å². The fraction of sp³-hybridized carbons (Fsp3) is 0.389. The van der Waals surface area contributed by atoms with Gasteiger partial charge in [0.2, 0.25) is 5.95 Å². The summed E-state index contributed by atoms with van der Waals surface area (Å²) in [5.74, 6) is 0.806. The van der Waals surface area contributed by atoms with E-state index in [1.54, 1.807) is 30.5 Å². The van der Waals surface area contributed by atoms with Crippen molar-refractivity contribution >= 4 is 35.1 Å². The van der Waals surface area contributed by atoms with Gasteiger partial charge in [0.15, 0.2) is 0 Å². The lowest BCUT2D eigenvalue weighted by molar-refractivity contribution is 0.100. The molecule has 0 saturated heterocycles. The SMILES string of the molecule is CC(C)Nc1ncc2c(n1)N(C[C@@H](O)CO)C(=O)N(c1ccccc1Cl)C2. The van der Waals surface area contributed by atoms with Crippen molar-refractivity contribution in [2.24, 2.45) is 0 Å². The summed E-state index contributed by atoms with van der Waals surface area (Å²) >= 11 is 6.27. The topological polar surface area (TPSA) is 102 Å². The van der Waals surface area contributed by atoms with Gasteiger partial charge in [0.25, 0.3) is 0 Å². The number of carbonyl (C=O) groups excluding carboxylic acids is 1. The van der Waals surface area contributed by atoms with E-state index in [0.717, 1.165) is 0 Å². The van der Waals surface area contributed by atoms with Gasteiger partial charge in [-0.1, -0.05) is 23.7 Å². The molecule has 3 rings (SSSR count). The van der Waals surface area contributed by atoms with Gasteiger partial charge in [-0.25, -0.2) is 9.78 Å². The summed E-state index contributed by atoms with van der Waals surface area (Å²) in [4.78, 5) is 24.8. The van der Waals surface area contributed by atoms with Gasteiger partial charge in [-0.15, -0.1) is 0 Å². The fourth-order valence-electron chi connectivity index (χ4n) is 2.84. The Morgan fingerprint density at radius 1 is 1.33 bits per heavy atom. The standard InChI is InChI=1S/C18H22ClN5O3/c1-11(2)21-17-20-7-12-8-23(15-6-4-3-5-14(15)19)18(27)24(16(12)22-17)9-13(26)10-25/h3-7,11,13,25-26H,8-10H2,1-2H3,(H,20,21,22)/t13-/m1/s1. The van der Waals surface area contributed by atoms with Crippen LogP contribution in [0.4, 0.5) is 22.2 Å². The van der Waals surface area contributed by atoms with Crippen molar-refractivity contribution in [3.05, 3.63) is 41.0 Å². The molecule has 2 aromatic rings. The first-order valence-electron chi connectivity index (χ1n) is 8.65. The number of aromatic nitrogens is 2. The summed E-state index contributed by atoms with van der Waals surface area (Å²) < 4.78 is 0. The molecule has 0 spiro atoms. The van der Waals surface area contributed by atoms with E-state index in [1.165, 1.54) is 9.80 Å². The van der Waals surface area contributed by atoms with Crippen molar-refractivity contribution in [3.63, 3.8) is 0 Å². The normalized spacial score (nSPS) is 15.1. The van der Waals surface area contributed by atoms with Gasteiger partial charge in [-0.3, -0.25) is 9.80 Å². The van der Waals surface area contributed by atoms with E-state index < -0.39 is 12.7 Å². The number of aliphatic hydroxyl groups excluding tert-OH is 2. The number of halogens is 1. The maximum Gasteiger partial charge on any atom is 0.330 e. The van der Waals surface area contributed by atoms with Crippen molar-refractivity contribution in [2.45, 2.75) is 32.5 Å². The molecule has 0 fully saturated rings. The summed E-state index contributed by atoms with van der Waals surface area (Å²) in [7, 11) is 0. The van der Waals surface area contributed by atoms with Gasteiger partial charge in [-0.2, -0.15) is 4.98 Å². The van der Waals surface area contributed by atoms with Crippen LogP contribution >= 0.6 is 11.6 Å². The molecule has 0 saturated carbocycles. The second-order valence-electron chi connectivity index (χ2n) is 6.61. The lowest BCUT2D eigenvalue weighted by Gasteiger charge is -2.37. The largest absolute Gasteiger partial charge is 0.394 e. The third-order valence-corrected chi connectivity index (χ3v) is 4.37. The van der Waals surface area contributed by atoms with Crippen LogP contribution in [-0.4, -0.2) is 51.5 Å². The second kappa shape index (κ2) is 8.08. The Kier molecular flexibility index (Phi) is 5.79. The molecule has 1 aliphatic rings. The van der Waals surface area contributed by atoms with Gasteiger partial charge in [0.05, 0.1) is 36.5 Å². The highest BCUT2D eigenvalue weighted by Crippen LogP contribution is 2.34. The summed E-state index contributed by atoms with van der Waals surface area (Å²) in [6, 6.07) is 6.79. The molecule has 0 aliphatic carbocycles. The summed E-state index contributed by atoms with van der Waals surface area (Å²) in [5.41, 5.74) is 1.27. The number of aliphatic hydroxyl groups is 2. The Balaban J connectivity index is 2.03. The molecule has 2 amide bonds. The van der Waals surface area contributed by atoms with E-state index in [9.17, 15) is 15.0 Å². The fourth-order valence-corrected chi connectivity index (χ4v) is 3.07. The Morgan fingerprint density at radius 3 is 2.74 bits per heavy atom. The van der Waals surface area contributed by atoms with Crippen LogP contribution in [-0.2, 0) is 6.54 Å². The number of carbonyl (C=O) groups is 1. The highest BCUT2D eigenvalue weighted by Gasteiger charge is 2.34. The van der Waals surface area contributed by atoms with E-state index in [2.05, 4.69) is 15.3 Å². The van der Waals surface area contributed by atoms with Crippen molar-refractivity contribution in [1.29, 1.82) is 0 Å². The number of urea groups is 1. The molecule has 1 aromatic carbocycles. The first-order chi connectivity index (χ1) is 12.9. The molecule has 144 valence electrons. The number of nitrogens with one attached hydrogen (secondary N) is 1. The Morgan fingerprint density at radius 2 is 2.07 bits per heavy atom. The average molecular weight is 392 g/mol. The van der Waals surface area contributed by atoms with E-state index >= 15 is 0 Å². The number of β-amino-alcohol motifs (C(OH)–C–C–N with tert-alkyl or cyclic N) is 1. The third kappa shape index (κ3) is 4.13. The molecule has 8 nitrogen and oxygen atoms in total. The molecule has 1 aliphatic heterocycles. The molecule has 0 unspecified atom stereocenters. The minimum absolute atomic E-state index is 0.0958. The van der Waals surface area contributed by atoms with Crippen LogP contribution in [0.5, 0.6) is 0 Å². The van der Waals surface area contributed by atoms with Crippen LogP contribution in [0, 0.1) is 0 Å². The number of amides is 2. The predicted molar refractivity (Wildman–Crippen MR) is 104 cm³/mol. The number of fused-ring (bicyclic) bond motifs is 1. The highest BCUT2D eigenvalue weighted by atomic mass is 35.5. The van der Waals surface area contributed by atoms with Crippen LogP contribution in [0.15, 0.2) is 30.5 Å². The summed E-state index contributed by atoms with van der Waals surface area (Å²) in [6.07, 6.45) is 0.561. The summed E-state index contributed by atoms with van der Waals surface area (Å²) in [6.45, 7) is 3.61. The Labute approximate surface area is 162 Å². The number of anilines is 3. The third-order valence-electron chi connectivity index (χ3n) is 4.05. The first-order valence-corrected chi connectivity index (χ1v) is 9.03. The van der Waals surface area contributed by atoms with Crippen molar-refractivity contribution in [2.75, 3.05) is 28.3 Å². The van der Waals surface area contributed by atoms with Gasteiger partial charge in [-0.05, 0) is 26.0 Å². The number of para-hydroxylation sites is 1. The number of hydrogen-bond acceptors (Lipinski definition) is 6. The minimum Gasteiger partial charge on any atom is -0.394 e. The molecule has 27 heavy (non-hydrogen) atoms. The highest BCUT2D eigenvalue weighted by molar-refractivity contribution is 6.34. The molecular weight excluding hydrogens is 370 g/mol. The quantitative estimate of drug-likeness (QED) is 0.698. The van der Waals surface area contributed by atoms with Gasteiger partial charge in [0, 0.05) is 17.8 Å². The molecule has 0 radical (unpaired) electrons. The lowest BCUT2D eigenvalue weighted by Crippen LogP contribution is -2.51. The van der Waals surface area contributed by atoms with Crippen molar-refractivity contribution in [1.82, 2.24) is 9.97 Å². The molecule has 2 heterocycles. The maximum atomic E-state index is 13.1. The van der Waals surface area contributed by atoms with Crippen LogP contribution in [0.2, 0.25) is 5.02 Å². The lowest BCUT2D eigenvalue weighted by atomic mass is 10.1. The second-order valence-corrected chi connectivity index (χ2v) is 7.02. The van der Waals surface area contributed by atoms with Gasteiger partial charge >= 0.3 is 6.03 Å². The van der Waals surface area contributed by atoms with Gasteiger partial charge in [0.1, 0.15) is 5.82 Å². The number of rotatable bonds is 6. The molecule has 3 N–H and O–H groups in total. The molecular formula is C18H22ClN5O3. The van der Waals surface area contributed by atoms with Crippen molar-refractivity contribution in [3.8, 4) is 0 Å². The van der Waals surface area contributed by atoms with Crippen molar-refractivity contribution < 1.29 is 15.0 Å². The number of hydrogen-bond donors (Lipinski definition) is 3. The zero-order chi connectivity index (χ0) is 19.6. The zero-order valence-electron chi connectivity index (χ0n) is 15.1. The minimum atomic E-state index is -1.09. The van der Waals surface area contributed by atoms with Crippen LogP contribution in [0.1, 0.15) is 19.4 Å². The summed E-state index contributed by atoms with van der Waals surface area (Å²) in [5, 5.41) is 22.7. The van der Waals surface area contributed by atoms with Crippen LogP contribution in [0.3, 0.4) is 0 Å².